The van der Waals surface area contributed by atoms with Gasteiger partial charge in [0.05, 0.1) is 32.2 Å². The maximum Gasteiger partial charge on any atom is 0.174 e. The molecule has 28 heavy (non-hydrogen) atoms. The molecule has 0 fully saturated rings. The number of nitrogens with one attached hydrogen (secondary N) is 1. The van der Waals surface area contributed by atoms with Crippen LogP contribution in [0.25, 0.3) is 0 Å². The lowest BCUT2D eigenvalue weighted by molar-refractivity contribution is 0.341. The summed E-state index contributed by atoms with van der Waals surface area (Å²) in [4.78, 5) is 2.05. The lowest BCUT2D eigenvalue weighted by Gasteiger charge is -2.26. The molecule has 0 saturated carbocycles. The summed E-state index contributed by atoms with van der Waals surface area (Å²) in [6.07, 6.45) is 1.67. The molecule has 0 aliphatic rings. The molecular weight excluding hydrogens is 372 g/mol. The van der Waals surface area contributed by atoms with E-state index in [1.165, 1.54) is 0 Å². The van der Waals surface area contributed by atoms with Gasteiger partial charge >= 0.3 is 0 Å². The summed E-state index contributed by atoms with van der Waals surface area (Å²) in [6, 6.07) is 19.5. The van der Waals surface area contributed by atoms with E-state index in [0.29, 0.717) is 24.8 Å². The minimum Gasteiger partial charge on any atom is -0.497 e. The van der Waals surface area contributed by atoms with E-state index in [1.807, 2.05) is 66.4 Å². The fourth-order valence-electron chi connectivity index (χ4n) is 2.83. The van der Waals surface area contributed by atoms with Gasteiger partial charge in [-0.3, -0.25) is 0 Å². The molecule has 5 nitrogen and oxygen atoms in total. The molecule has 0 spiro atoms. The summed E-state index contributed by atoms with van der Waals surface area (Å²) in [6.45, 7) is 3.71. The van der Waals surface area contributed by atoms with Crippen LogP contribution in [0.2, 0.25) is 0 Å². The Morgan fingerprint density at radius 3 is 2.68 bits per heavy atom. The molecule has 6 heteroatoms. The SMILES string of the molecule is CCOc1ccccc1NC(=S)N(Cc1cccc(OC)c1)Cc1ccco1. The molecule has 3 rings (SSSR count). The molecule has 1 aromatic heterocycles. The molecule has 0 aliphatic heterocycles. The maximum atomic E-state index is 5.72. The van der Waals surface area contributed by atoms with E-state index in [9.17, 15) is 0 Å². The molecule has 0 atom stereocenters. The Labute approximate surface area is 170 Å². The summed E-state index contributed by atoms with van der Waals surface area (Å²) in [5.41, 5.74) is 1.93. The normalized spacial score (nSPS) is 10.4. The molecular formula is C22H24N2O3S. The number of benzene rings is 2. The monoisotopic (exact) mass is 396 g/mol. The van der Waals surface area contributed by atoms with Gasteiger partial charge in [0.2, 0.25) is 0 Å². The van der Waals surface area contributed by atoms with Crippen molar-refractivity contribution in [3.8, 4) is 11.5 Å². The fraction of sp³-hybridized carbons (Fsp3) is 0.227. The van der Waals surface area contributed by atoms with Crippen molar-refractivity contribution in [2.45, 2.75) is 20.0 Å². The van der Waals surface area contributed by atoms with Gasteiger partial charge < -0.3 is 24.1 Å². The van der Waals surface area contributed by atoms with E-state index in [2.05, 4.69) is 11.4 Å². The molecule has 0 unspecified atom stereocenters. The van der Waals surface area contributed by atoms with Crippen molar-refractivity contribution in [1.82, 2.24) is 4.90 Å². The van der Waals surface area contributed by atoms with Crippen molar-refractivity contribution in [2.75, 3.05) is 19.0 Å². The van der Waals surface area contributed by atoms with Gasteiger partial charge in [-0.1, -0.05) is 24.3 Å². The first-order chi connectivity index (χ1) is 13.7. The van der Waals surface area contributed by atoms with E-state index in [1.54, 1.807) is 13.4 Å². The predicted molar refractivity (Wildman–Crippen MR) is 115 cm³/mol. The maximum absolute atomic E-state index is 5.72. The lowest BCUT2D eigenvalue weighted by Crippen LogP contribution is -2.33. The van der Waals surface area contributed by atoms with Gasteiger partial charge in [0.25, 0.3) is 0 Å². The number of nitrogens with zero attached hydrogens (tertiary/aromatic N) is 1. The summed E-state index contributed by atoms with van der Waals surface area (Å²) in [7, 11) is 1.66. The van der Waals surface area contributed by atoms with E-state index >= 15 is 0 Å². The Kier molecular flexibility index (Phi) is 6.92. The minimum absolute atomic E-state index is 0.548. The van der Waals surface area contributed by atoms with Crippen molar-refractivity contribution >= 4 is 23.0 Å². The molecule has 146 valence electrons. The number of para-hydroxylation sites is 2. The second kappa shape index (κ2) is 9.80. The van der Waals surface area contributed by atoms with Crippen LogP contribution in [0.5, 0.6) is 11.5 Å². The van der Waals surface area contributed by atoms with Crippen LogP contribution in [0.15, 0.2) is 71.3 Å². The van der Waals surface area contributed by atoms with Gasteiger partial charge in [-0.15, -0.1) is 0 Å². The molecule has 0 aliphatic carbocycles. The first-order valence-corrected chi connectivity index (χ1v) is 9.53. The molecule has 0 bridgehead atoms. The number of furan rings is 1. The van der Waals surface area contributed by atoms with Crippen molar-refractivity contribution < 1.29 is 13.9 Å². The standard InChI is InChI=1S/C22H24N2O3S/c1-3-26-21-12-5-4-11-20(21)23-22(28)24(16-19-10-7-13-27-19)15-17-8-6-9-18(14-17)25-2/h4-14H,3,15-16H2,1-2H3,(H,23,28). The van der Waals surface area contributed by atoms with E-state index in [4.69, 9.17) is 26.1 Å². The number of hydrogen-bond donors (Lipinski definition) is 1. The molecule has 0 radical (unpaired) electrons. The zero-order valence-corrected chi connectivity index (χ0v) is 16.9. The number of anilines is 1. The first-order valence-electron chi connectivity index (χ1n) is 9.12. The number of ether oxygens (including phenoxy) is 2. The van der Waals surface area contributed by atoms with Gasteiger partial charge in [-0.25, -0.2) is 0 Å². The average Bonchev–Trinajstić information content (AvgIpc) is 3.22. The molecule has 2 aromatic carbocycles. The van der Waals surface area contributed by atoms with E-state index in [-0.39, 0.29) is 0 Å². The van der Waals surface area contributed by atoms with Crippen LogP contribution in [-0.4, -0.2) is 23.7 Å². The number of thiocarbonyl (C=S) groups is 1. The smallest absolute Gasteiger partial charge is 0.174 e. The molecule has 3 aromatic rings. The van der Waals surface area contributed by atoms with Gasteiger partial charge in [-0.05, 0) is 61.1 Å². The highest BCUT2D eigenvalue weighted by molar-refractivity contribution is 7.80. The van der Waals surface area contributed by atoms with Gasteiger partial charge in [-0.2, -0.15) is 0 Å². The second-order valence-electron chi connectivity index (χ2n) is 6.15. The third-order valence-corrected chi connectivity index (χ3v) is 4.51. The Hall–Kier alpha value is -2.99. The highest BCUT2D eigenvalue weighted by Gasteiger charge is 2.15. The van der Waals surface area contributed by atoms with Crippen LogP contribution in [0.1, 0.15) is 18.2 Å². The third-order valence-electron chi connectivity index (χ3n) is 4.15. The Bertz CT molecular complexity index is 896. The average molecular weight is 397 g/mol. The van der Waals surface area contributed by atoms with Crippen molar-refractivity contribution in [3.63, 3.8) is 0 Å². The summed E-state index contributed by atoms with van der Waals surface area (Å²) in [5, 5.41) is 3.91. The highest BCUT2D eigenvalue weighted by atomic mass is 32.1. The van der Waals surface area contributed by atoms with Crippen molar-refractivity contribution in [1.29, 1.82) is 0 Å². The Morgan fingerprint density at radius 2 is 1.93 bits per heavy atom. The van der Waals surface area contributed by atoms with Gasteiger partial charge in [0, 0.05) is 6.54 Å². The van der Waals surface area contributed by atoms with E-state index in [0.717, 1.165) is 28.5 Å². The third kappa shape index (κ3) is 5.27. The lowest BCUT2D eigenvalue weighted by atomic mass is 10.2. The zero-order valence-electron chi connectivity index (χ0n) is 16.1. The zero-order chi connectivity index (χ0) is 19.8. The predicted octanol–water partition coefficient (Wildman–Crippen LogP) is 5.09. The van der Waals surface area contributed by atoms with Crippen LogP contribution in [0.3, 0.4) is 0 Å². The molecule has 0 amide bonds. The van der Waals surface area contributed by atoms with Crippen LogP contribution in [-0.2, 0) is 13.1 Å². The topological polar surface area (TPSA) is 46.9 Å². The summed E-state index contributed by atoms with van der Waals surface area (Å²) < 4.78 is 16.6. The summed E-state index contributed by atoms with van der Waals surface area (Å²) in [5.74, 6) is 2.42. The number of hydrogen-bond acceptors (Lipinski definition) is 4. The molecule has 1 N–H and O–H groups in total. The fourth-order valence-corrected chi connectivity index (χ4v) is 3.07. The van der Waals surface area contributed by atoms with Gasteiger partial charge in [0.15, 0.2) is 5.11 Å². The summed E-state index contributed by atoms with van der Waals surface area (Å²) >= 11 is 5.72. The van der Waals surface area contributed by atoms with Crippen LogP contribution >= 0.6 is 12.2 Å². The van der Waals surface area contributed by atoms with Gasteiger partial charge in [0.1, 0.15) is 17.3 Å². The first kappa shape index (κ1) is 19.8. The van der Waals surface area contributed by atoms with Crippen LogP contribution in [0.4, 0.5) is 5.69 Å². The minimum atomic E-state index is 0.548. The van der Waals surface area contributed by atoms with E-state index < -0.39 is 0 Å². The van der Waals surface area contributed by atoms with Crippen molar-refractivity contribution in [3.05, 3.63) is 78.3 Å². The second-order valence-corrected chi connectivity index (χ2v) is 6.53. The Balaban J connectivity index is 1.80. The highest BCUT2D eigenvalue weighted by Crippen LogP contribution is 2.25. The molecule has 0 saturated heterocycles. The van der Waals surface area contributed by atoms with Crippen LogP contribution in [0, 0.1) is 0 Å². The molecule has 1 heterocycles. The largest absolute Gasteiger partial charge is 0.497 e. The quantitative estimate of drug-likeness (QED) is 0.536. The number of methoxy groups -OCH3 is 1. The van der Waals surface area contributed by atoms with Crippen molar-refractivity contribution in [2.24, 2.45) is 0 Å². The Morgan fingerprint density at radius 1 is 1.07 bits per heavy atom. The number of rotatable bonds is 8. The van der Waals surface area contributed by atoms with Crippen LogP contribution < -0.4 is 14.8 Å².